The van der Waals surface area contributed by atoms with E-state index in [0.717, 1.165) is 34.1 Å². The van der Waals surface area contributed by atoms with Gasteiger partial charge in [-0.3, -0.25) is 14.8 Å². The number of aryl methyl sites for hydroxylation is 2. The molecule has 1 aliphatic rings. The number of alkyl halides is 3. The number of carbonyl (C=O) groups is 1. The van der Waals surface area contributed by atoms with Gasteiger partial charge >= 0.3 is 6.18 Å². The first-order chi connectivity index (χ1) is 15.5. The molecule has 1 aliphatic heterocycles. The molecule has 33 heavy (non-hydrogen) atoms. The Hall–Kier alpha value is -3.68. The van der Waals surface area contributed by atoms with Gasteiger partial charge in [-0.05, 0) is 49.2 Å². The summed E-state index contributed by atoms with van der Waals surface area (Å²) in [6.45, 7) is 3.86. The number of aliphatic imine (C=N–C) groups is 1. The summed E-state index contributed by atoms with van der Waals surface area (Å²) >= 11 is 0. The van der Waals surface area contributed by atoms with Crippen molar-refractivity contribution in [2.45, 2.75) is 26.4 Å². The van der Waals surface area contributed by atoms with Crippen LogP contribution in [0.5, 0.6) is 0 Å². The fourth-order valence-corrected chi connectivity index (χ4v) is 3.92. The number of pyridine rings is 1. The number of anilines is 2. The number of amides is 1. The third-order valence-corrected chi connectivity index (χ3v) is 5.49. The van der Waals surface area contributed by atoms with Crippen molar-refractivity contribution in [3.8, 4) is 11.1 Å². The molecule has 0 atom stereocenters. The molecule has 1 N–H and O–H groups in total. The Kier molecular flexibility index (Phi) is 5.69. The first-order valence-corrected chi connectivity index (χ1v) is 10.4. The SMILES string of the molecule is Cc1ccc(-c2cccc(C3=Nc4cc(N(C)C)c(C(F)(F)F)cc4NC(=O)C3)c2)c(C)n1. The van der Waals surface area contributed by atoms with E-state index in [1.165, 1.54) is 25.1 Å². The molecule has 0 spiro atoms. The molecule has 0 bridgehead atoms. The van der Waals surface area contributed by atoms with Gasteiger partial charge in [-0.25, -0.2) is 0 Å². The number of rotatable bonds is 3. The van der Waals surface area contributed by atoms with Crippen molar-refractivity contribution in [3.63, 3.8) is 0 Å². The van der Waals surface area contributed by atoms with Crippen LogP contribution in [0.1, 0.15) is 28.9 Å². The van der Waals surface area contributed by atoms with Crippen molar-refractivity contribution < 1.29 is 18.0 Å². The molecule has 1 aromatic heterocycles. The molecule has 0 radical (unpaired) electrons. The number of nitrogens with one attached hydrogen (secondary N) is 1. The van der Waals surface area contributed by atoms with Gasteiger partial charge in [-0.15, -0.1) is 0 Å². The Balaban J connectivity index is 1.83. The van der Waals surface area contributed by atoms with Gasteiger partial charge in [0.1, 0.15) is 0 Å². The van der Waals surface area contributed by atoms with E-state index in [9.17, 15) is 18.0 Å². The van der Waals surface area contributed by atoms with E-state index in [2.05, 4.69) is 15.3 Å². The lowest BCUT2D eigenvalue weighted by Crippen LogP contribution is -2.18. The zero-order valence-electron chi connectivity index (χ0n) is 18.7. The van der Waals surface area contributed by atoms with E-state index in [-0.39, 0.29) is 23.5 Å². The van der Waals surface area contributed by atoms with E-state index in [4.69, 9.17) is 0 Å². The Morgan fingerprint density at radius 2 is 1.73 bits per heavy atom. The van der Waals surface area contributed by atoms with Crippen LogP contribution in [-0.4, -0.2) is 30.7 Å². The molecule has 170 valence electrons. The number of carbonyl (C=O) groups excluding carboxylic acids is 1. The lowest BCUT2D eigenvalue weighted by molar-refractivity contribution is -0.137. The standard InChI is InChI=1S/C25H23F3N4O/c1-14-8-9-18(15(2)29-14)16-6-5-7-17(10-16)20-13-24(33)31-21-11-19(25(26,27)28)23(32(3)4)12-22(21)30-20/h5-12H,13H2,1-4H3,(H,31,33). The Bertz CT molecular complexity index is 1280. The van der Waals surface area contributed by atoms with Crippen LogP contribution in [-0.2, 0) is 11.0 Å². The average molecular weight is 452 g/mol. The fourth-order valence-electron chi connectivity index (χ4n) is 3.92. The van der Waals surface area contributed by atoms with Crippen molar-refractivity contribution in [1.29, 1.82) is 0 Å². The van der Waals surface area contributed by atoms with Crippen LogP contribution in [0.15, 0.2) is 53.5 Å². The molecule has 8 heteroatoms. The normalized spacial score (nSPS) is 13.7. The molecular formula is C25H23F3N4O. The van der Waals surface area contributed by atoms with E-state index < -0.39 is 17.6 Å². The van der Waals surface area contributed by atoms with Gasteiger partial charge in [0.25, 0.3) is 0 Å². The van der Waals surface area contributed by atoms with Gasteiger partial charge < -0.3 is 10.2 Å². The largest absolute Gasteiger partial charge is 0.418 e. The molecule has 0 saturated carbocycles. The van der Waals surface area contributed by atoms with Gasteiger partial charge in [0, 0.05) is 31.0 Å². The van der Waals surface area contributed by atoms with Crippen LogP contribution in [0.4, 0.5) is 30.2 Å². The Labute approximate surface area is 190 Å². The molecule has 3 aromatic rings. The molecule has 4 rings (SSSR count). The summed E-state index contributed by atoms with van der Waals surface area (Å²) in [6, 6.07) is 13.8. The molecule has 5 nitrogen and oxygen atoms in total. The molecule has 0 saturated heterocycles. The molecule has 1 amide bonds. The predicted octanol–water partition coefficient (Wildman–Crippen LogP) is 5.91. The minimum absolute atomic E-state index is 0.0180. The highest BCUT2D eigenvalue weighted by Gasteiger charge is 2.36. The summed E-state index contributed by atoms with van der Waals surface area (Å²) in [5.74, 6) is -0.420. The minimum Gasteiger partial charge on any atom is -0.377 e. The van der Waals surface area contributed by atoms with Crippen molar-refractivity contribution >= 4 is 28.7 Å². The monoisotopic (exact) mass is 452 g/mol. The van der Waals surface area contributed by atoms with Crippen LogP contribution < -0.4 is 10.2 Å². The van der Waals surface area contributed by atoms with Gasteiger partial charge in [-0.2, -0.15) is 13.2 Å². The van der Waals surface area contributed by atoms with Crippen LogP contribution in [0.2, 0.25) is 0 Å². The number of nitrogens with zero attached hydrogens (tertiary/aromatic N) is 3. The highest BCUT2D eigenvalue weighted by Crippen LogP contribution is 2.43. The lowest BCUT2D eigenvalue weighted by Gasteiger charge is -2.21. The van der Waals surface area contributed by atoms with Gasteiger partial charge in [-0.1, -0.05) is 24.3 Å². The van der Waals surface area contributed by atoms with Gasteiger partial charge in [0.2, 0.25) is 5.91 Å². The predicted molar refractivity (Wildman–Crippen MR) is 124 cm³/mol. The highest BCUT2D eigenvalue weighted by molar-refractivity contribution is 6.17. The van der Waals surface area contributed by atoms with Crippen LogP contribution in [0.3, 0.4) is 0 Å². The smallest absolute Gasteiger partial charge is 0.377 e. The van der Waals surface area contributed by atoms with E-state index in [0.29, 0.717) is 5.71 Å². The Morgan fingerprint density at radius 3 is 2.39 bits per heavy atom. The maximum atomic E-state index is 13.6. The fraction of sp³-hybridized carbons (Fsp3) is 0.240. The lowest BCUT2D eigenvalue weighted by atomic mass is 9.98. The summed E-state index contributed by atoms with van der Waals surface area (Å²) in [7, 11) is 3.08. The van der Waals surface area contributed by atoms with Crippen LogP contribution in [0, 0.1) is 13.8 Å². The number of hydrogen-bond acceptors (Lipinski definition) is 4. The maximum absolute atomic E-state index is 13.6. The maximum Gasteiger partial charge on any atom is 0.418 e. The van der Waals surface area contributed by atoms with Crippen molar-refractivity contribution in [2.24, 2.45) is 4.99 Å². The number of halogens is 3. The summed E-state index contributed by atoms with van der Waals surface area (Å²) in [5.41, 5.74) is 4.38. The van der Waals surface area contributed by atoms with E-state index in [1.807, 2.05) is 50.2 Å². The second kappa shape index (κ2) is 8.35. The summed E-state index contributed by atoms with van der Waals surface area (Å²) < 4.78 is 40.8. The summed E-state index contributed by atoms with van der Waals surface area (Å²) in [6.07, 6.45) is -4.62. The number of benzene rings is 2. The van der Waals surface area contributed by atoms with Gasteiger partial charge in [0.15, 0.2) is 0 Å². The topological polar surface area (TPSA) is 57.6 Å². The molecule has 0 unspecified atom stereocenters. The Morgan fingerprint density at radius 1 is 1.00 bits per heavy atom. The summed E-state index contributed by atoms with van der Waals surface area (Å²) in [4.78, 5) is 23.1. The third kappa shape index (κ3) is 4.60. The number of aromatic nitrogens is 1. The molecular weight excluding hydrogens is 429 g/mol. The molecule has 0 aliphatic carbocycles. The number of fused-ring (bicyclic) bond motifs is 1. The van der Waals surface area contributed by atoms with Crippen LogP contribution in [0.25, 0.3) is 11.1 Å². The van der Waals surface area contributed by atoms with E-state index in [1.54, 1.807) is 0 Å². The second-order valence-electron chi connectivity index (χ2n) is 8.23. The van der Waals surface area contributed by atoms with Gasteiger partial charge in [0.05, 0.1) is 34.8 Å². The molecule has 2 aromatic carbocycles. The number of hydrogen-bond donors (Lipinski definition) is 1. The zero-order chi connectivity index (χ0) is 23.9. The van der Waals surface area contributed by atoms with Crippen molar-refractivity contribution in [3.05, 3.63) is 71.0 Å². The first-order valence-electron chi connectivity index (χ1n) is 10.4. The molecule has 0 fully saturated rings. The quantitative estimate of drug-likeness (QED) is 0.537. The molecule has 2 heterocycles. The van der Waals surface area contributed by atoms with Crippen LogP contribution >= 0.6 is 0 Å². The first kappa shape index (κ1) is 22.5. The van der Waals surface area contributed by atoms with E-state index >= 15 is 0 Å². The van der Waals surface area contributed by atoms with Crippen molar-refractivity contribution in [1.82, 2.24) is 4.98 Å². The average Bonchev–Trinajstić information content (AvgIpc) is 2.89. The second-order valence-corrected chi connectivity index (χ2v) is 8.23. The minimum atomic E-state index is -4.56. The highest BCUT2D eigenvalue weighted by atomic mass is 19.4. The summed E-state index contributed by atoms with van der Waals surface area (Å²) in [5, 5.41) is 2.58. The zero-order valence-corrected chi connectivity index (χ0v) is 18.7. The van der Waals surface area contributed by atoms with Crippen molar-refractivity contribution in [2.75, 3.05) is 24.3 Å². The third-order valence-electron chi connectivity index (χ3n) is 5.49.